The van der Waals surface area contributed by atoms with Gasteiger partial charge in [-0.3, -0.25) is 9.48 Å². The maximum atomic E-state index is 12.9. The van der Waals surface area contributed by atoms with Crippen LogP contribution in [0.2, 0.25) is 0 Å². The van der Waals surface area contributed by atoms with Crippen molar-refractivity contribution >= 4 is 34.5 Å². The van der Waals surface area contributed by atoms with Crippen molar-refractivity contribution in [2.45, 2.75) is 63.7 Å². The van der Waals surface area contributed by atoms with Crippen LogP contribution >= 0.6 is 23.6 Å². The van der Waals surface area contributed by atoms with E-state index in [0.29, 0.717) is 18.8 Å². The van der Waals surface area contributed by atoms with E-state index in [4.69, 9.17) is 17.2 Å². The molecule has 1 aliphatic heterocycles. The Labute approximate surface area is 229 Å². The molecule has 2 aromatic heterocycles. The summed E-state index contributed by atoms with van der Waals surface area (Å²) in [6, 6.07) is 9.79. The van der Waals surface area contributed by atoms with Crippen LogP contribution in [0.25, 0.3) is 0 Å². The molecule has 1 amide bonds. The number of amides is 1. The smallest absolute Gasteiger partial charge is 0.357 e. The number of rotatable bonds is 5. The second-order valence-electron chi connectivity index (χ2n) is 10.1. The van der Waals surface area contributed by atoms with Crippen molar-refractivity contribution in [3.05, 3.63) is 68.9 Å². The summed E-state index contributed by atoms with van der Waals surface area (Å²) in [6.45, 7) is 2.40. The molecule has 1 aliphatic carbocycles. The third-order valence-corrected chi connectivity index (χ3v) is 9.12. The lowest BCUT2D eigenvalue weighted by Gasteiger charge is -2.34. The van der Waals surface area contributed by atoms with E-state index < -0.39 is 11.9 Å². The van der Waals surface area contributed by atoms with Gasteiger partial charge in [0.05, 0.1) is 11.0 Å². The van der Waals surface area contributed by atoms with Crippen LogP contribution in [0.1, 0.15) is 70.9 Å². The summed E-state index contributed by atoms with van der Waals surface area (Å²) in [5.74, 6) is 0.00310. The molecule has 0 saturated carbocycles. The van der Waals surface area contributed by atoms with Crippen molar-refractivity contribution in [1.29, 1.82) is 0 Å². The Morgan fingerprint density at radius 1 is 1.21 bits per heavy atom. The number of benzene rings is 1. The Kier molecular flexibility index (Phi) is 7.59. The third-order valence-electron chi connectivity index (χ3n) is 7.62. The number of hydrogen-bond acceptors (Lipinski definition) is 5. The fourth-order valence-electron chi connectivity index (χ4n) is 5.44. The Bertz CT molecular complexity index is 1330. The zero-order valence-electron chi connectivity index (χ0n) is 21.4. The molecule has 0 N–H and O–H groups in total. The largest absolute Gasteiger partial charge is 0.435 e. The molecular weight excluding hydrogens is 531 g/mol. The normalized spacial score (nSPS) is 18.3. The zero-order valence-corrected chi connectivity index (χ0v) is 23.0. The molecule has 11 heteroatoms. The van der Waals surface area contributed by atoms with Gasteiger partial charge in [-0.15, -0.1) is 11.3 Å². The molecule has 1 fully saturated rings. The Morgan fingerprint density at radius 3 is 2.66 bits per heavy atom. The molecule has 202 valence electrons. The average molecular weight is 562 g/mol. The molecule has 0 bridgehead atoms. The van der Waals surface area contributed by atoms with Crippen LogP contribution in [0.3, 0.4) is 0 Å². The van der Waals surface area contributed by atoms with Gasteiger partial charge in [-0.1, -0.05) is 36.5 Å². The van der Waals surface area contributed by atoms with Gasteiger partial charge < -0.3 is 9.80 Å². The number of thiazole rings is 1. The lowest BCUT2D eigenvalue weighted by atomic mass is 9.87. The van der Waals surface area contributed by atoms with Gasteiger partial charge in [0.1, 0.15) is 17.2 Å². The van der Waals surface area contributed by atoms with Crippen LogP contribution < -0.4 is 0 Å². The van der Waals surface area contributed by atoms with E-state index in [-0.39, 0.29) is 24.4 Å². The highest BCUT2D eigenvalue weighted by molar-refractivity contribution is 7.80. The number of alkyl halides is 3. The van der Waals surface area contributed by atoms with E-state index in [2.05, 4.69) is 41.3 Å². The standard InChI is InChI=1S/C27H30F3N5OS2/c1-17-14-23(27(28,29)30)32-35(17)15-24(36)34-12-10-19(11-13-34)25-31-21(16-38-25)26(37)33(2)22-9-5-7-18-6-3-4-8-20(18)22/h3-4,6,8,14,16,19,22H,5,7,9-13,15H2,1-2H3. The maximum Gasteiger partial charge on any atom is 0.435 e. The Morgan fingerprint density at radius 2 is 1.95 bits per heavy atom. The van der Waals surface area contributed by atoms with Crippen molar-refractivity contribution in [3.63, 3.8) is 0 Å². The first kappa shape index (κ1) is 26.8. The topological polar surface area (TPSA) is 54.3 Å². The van der Waals surface area contributed by atoms with Crippen LogP contribution in [0.5, 0.6) is 0 Å². The number of carbonyl (C=O) groups is 1. The molecule has 3 heterocycles. The number of aryl methyl sites for hydroxylation is 2. The van der Waals surface area contributed by atoms with Gasteiger partial charge in [0.15, 0.2) is 5.69 Å². The highest BCUT2D eigenvalue weighted by Gasteiger charge is 2.35. The van der Waals surface area contributed by atoms with Gasteiger partial charge in [-0.05, 0) is 56.2 Å². The van der Waals surface area contributed by atoms with Crippen LogP contribution in [0.15, 0.2) is 35.7 Å². The van der Waals surface area contributed by atoms with E-state index in [0.717, 1.165) is 58.5 Å². The second kappa shape index (κ2) is 10.8. The summed E-state index contributed by atoms with van der Waals surface area (Å²) in [5, 5.41) is 6.62. The number of aromatic nitrogens is 3. The molecule has 1 unspecified atom stereocenters. The molecule has 0 radical (unpaired) electrons. The van der Waals surface area contributed by atoms with E-state index >= 15 is 0 Å². The SMILES string of the molecule is Cc1cc(C(F)(F)F)nn1CC(=O)N1CCC(c2nc(C(=S)N(C)C3CCCc4ccccc43)cs2)CC1. The molecular formula is C27H30F3N5OS2. The Hall–Kier alpha value is -2.79. The van der Waals surface area contributed by atoms with Crippen molar-refractivity contribution in [1.82, 2.24) is 24.6 Å². The number of nitrogens with zero attached hydrogens (tertiary/aromatic N) is 5. The monoisotopic (exact) mass is 561 g/mol. The number of likely N-dealkylation sites (tertiary alicyclic amines) is 1. The molecule has 2 aliphatic rings. The lowest BCUT2D eigenvalue weighted by Crippen LogP contribution is -2.40. The minimum absolute atomic E-state index is 0.196. The summed E-state index contributed by atoms with van der Waals surface area (Å²) in [6.07, 6.45) is 0.282. The second-order valence-corrected chi connectivity index (χ2v) is 11.4. The first-order chi connectivity index (χ1) is 18.1. The van der Waals surface area contributed by atoms with Gasteiger partial charge in [0.25, 0.3) is 0 Å². The van der Waals surface area contributed by atoms with Gasteiger partial charge >= 0.3 is 6.18 Å². The number of hydrogen-bond donors (Lipinski definition) is 0. The fourth-order valence-corrected chi connectivity index (χ4v) is 6.72. The van der Waals surface area contributed by atoms with Crippen LogP contribution in [0.4, 0.5) is 13.2 Å². The average Bonchev–Trinajstić information content (AvgIpc) is 3.55. The molecule has 1 saturated heterocycles. The van der Waals surface area contributed by atoms with Crippen LogP contribution in [-0.2, 0) is 23.9 Å². The molecule has 0 spiro atoms. The highest BCUT2D eigenvalue weighted by atomic mass is 32.1. The van der Waals surface area contributed by atoms with Crippen LogP contribution in [0, 0.1) is 6.92 Å². The van der Waals surface area contributed by atoms with Crippen molar-refractivity contribution in [3.8, 4) is 0 Å². The number of carbonyl (C=O) groups excluding carboxylic acids is 1. The van der Waals surface area contributed by atoms with E-state index in [1.807, 2.05) is 5.38 Å². The quantitative estimate of drug-likeness (QED) is 0.371. The predicted octanol–water partition coefficient (Wildman–Crippen LogP) is 5.76. The lowest BCUT2D eigenvalue weighted by molar-refractivity contribution is -0.142. The summed E-state index contributed by atoms with van der Waals surface area (Å²) < 4.78 is 40.0. The van der Waals surface area contributed by atoms with Gasteiger partial charge in [-0.2, -0.15) is 18.3 Å². The van der Waals surface area contributed by atoms with Crippen molar-refractivity contribution < 1.29 is 18.0 Å². The summed E-state index contributed by atoms with van der Waals surface area (Å²) >= 11 is 7.46. The number of piperidine rings is 1. The zero-order chi connectivity index (χ0) is 27.0. The molecule has 5 rings (SSSR count). The maximum absolute atomic E-state index is 12.9. The van der Waals surface area contributed by atoms with Gasteiger partial charge in [-0.25, -0.2) is 4.98 Å². The van der Waals surface area contributed by atoms with E-state index in [1.165, 1.54) is 18.1 Å². The summed E-state index contributed by atoms with van der Waals surface area (Å²) in [4.78, 5) is 22.3. The van der Waals surface area contributed by atoms with E-state index in [9.17, 15) is 18.0 Å². The van der Waals surface area contributed by atoms with Gasteiger partial charge in [0, 0.05) is 37.1 Å². The van der Waals surface area contributed by atoms with Gasteiger partial charge in [0.2, 0.25) is 5.91 Å². The number of thiocarbonyl (C=S) groups is 1. The minimum Gasteiger partial charge on any atom is -0.357 e. The van der Waals surface area contributed by atoms with Crippen LogP contribution in [-0.4, -0.2) is 55.6 Å². The summed E-state index contributed by atoms with van der Waals surface area (Å²) in [7, 11) is 2.05. The molecule has 1 atom stereocenters. The van der Waals surface area contributed by atoms with Crippen molar-refractivity contribution in [2.75, 3.05) is 20.1 Å². The third kappa shape index (κ3) is 5.49. The Balaban J connectivity index is 1.18. The van der Waals surface area contributed by atoms with Crippen molar-refractivity contribution in [2.24, 2.45) is 0 Å². The first-order valence-corrected chi connectivity index (χ1v) is 14.1. The molecule has 3 aromatic rings. The highest BCUT2D eigenvalue weighted by Crippen LogP contribution is 2.36. The summed E-state index contributed by atoms with van der Waals surface area (Å²) in [5.41, 5.74) is 2.89. The molecule has 38 heavy (non-hydrogen) atoms. The number of halogens is 3. The molecule has 1 aromatic carbocycles. The molecule has 6 nitrogen and oxygen atoms in total. The predicted molar refractivity (Wildman–Crippen MR) is 144 cm³/mol. The fraction of sp³-hybridized carbons (Fsp3) is 0.481. The van der Waals surface area contributed by atoms with E-state index in [1.54, 1.807) is 16.2 Å². The first-order valence-electron chi connectivity index (χ1n) is 12.8. The minimum atomic E-state index is -4.53. The number of fused-ring (bicyclic) bond motifs is 1.